The van der Waals surface area contributed by atoms with E-state index in [1.807, 2.05) is 0 Å². The lowest BCUT2D eigenvalue weighted by atomic mass is 10.2. The molecule has 0 atom stereocenters. The van der Waals surface area contributed by atoms with Crippen molar-refractivity contribution in [3.63, 3.8) is 0 Å². The van der Waals surface area contributed by atoms with Crippen LogP contribution in [0.25, 0.3) is 0 Å². The van der Waals surface area contributed by atoms with Crippen LogP contribution in [0.4, 0.5) is 5.69 Å². The maximum atomic E-state index is 12.2. The van der Waals surface area contributed by atoms with E-state index in [1.165, 1.54) is 30.5 Å². The first-order valence-corrected chi connectivity index (χ1v) is 7.77. The van der Waals surface area contributed by atoms with E-state index in [0.717, 1.165) is 6.20 Å². The number of rotatable bonds is 4. The van der Waals surface area contributed by atoms with Crippen LogP contribution in [-0.2, 0) is 10.0 Å². The van der Waals surface area contributed by atoms with E-state index in [9.17, 15) is 13.2 Å². The largest absolute Gasteiger partial charge is 0.366 e. The Hall–Kier alpha value is -1.83. The van der Waals surface area contributed by atoms with Crippen molar-refractivity contribution in [3.8, 4) is 0 Å². The fourth-order valence-electron chi connectivity index (χ4n) is 1.55. The SMILES string of the molecule is NC(=O)c1cc(NS(=O)(=O)c2cnccc2Cl)ccc1Cl. The number of benzene rings is 1. The predicted octanol–water partition coefficient (Wildman–Crippen LogP) is 2.29. The number of sulfonamides is 1. The summed E-state index contributed by atoms with van der Waals surface area (Å²) in [6.45, 7) is 0. The molecule has 0 aliphatic heterocycles. The van der Waals surface area contributed by atoms with Gasteiger partial charge in [-0.1, -0.05) is 23.2 Å². The normalized spacial score (nSPS) is 11.1. The number of nitrogens with one attached hydrogen (secondary N) is 1. The molecule has 0 saturated carbocycles. The second-order valence-corrected chi connectivity index (χ2v) is 6.44. The third-order valence-electron chi connectivity index (χ3n) is 2.51. The Morgan fingerprint density at radius 3 is 2.52 bits per heavy atom. The van der Waals surface area contributed by atoms with Crippen LogP contribution in [-0.4, -0.2) is 19.3 Å². The number of amides is 1. The van der Waals surface area contributed by atoms with Crippen LogP contribution in [0.5, 0.6) is 0 Å². The number of nitrogens with two attached hydrogens (primary N) is 1. The number of hydrogen-bond acceptors (Lipinski definition) is 4. The smallest absolute Gasteiger partial charge is 0.264 e. The summed E-state index contributed by atoms with van der Waals surface area (Å²) in [5, 5.41) is 0.159. The fourth-order valence-corrected chi connectivity index (χ4v) is 3.24. The molecule has 1 aromatic heterocycles. The Balaban J connectivity index is 2.40. The van der Waals surface area contributed by atoms with E-state index in [1.54, 1.807) is 0 Å². The summed E-state index contributed by atoms with van der Waals surface area (Å²) in [5.41, 5.74) is 5.29. The van der Waals surface area contributed by atoms with Gasteiger partial charge in [0.2, 0.25) is 5.91 Å². The zero-order valence-electron chi connectivity index (χ0n) is 10.4. The van der Waals surface area contributed by atoms with E-state index < -0.39 is 15.9 Å². The molecular weight excluding hydrogens is 337 g/mol. The molecule has 0 radical (unpaired) electrons. The molecule has 2 rings (SSSR count). The monoisotopic (exact) mass is 345 g/mol. The first-order chi connectivity index (χ1) is 9.81. The van der Waals surface area contributed by atoms with Gasteiger partial charge in [0.15, 0.2) is 0 Å². The van der Waals surface area contributed by atoms with Crippen molar-refractivity contribution in [2.45, 2.75) is 4.90 Å². The zero-order chi connectivity index (χ0) is 15.6. The molecule has 3 N–H and O–H groups in total. The van der Waals surface area contributed by atoms with Gasteiger partial charge in [0.25, 0.3) is 10.0 Å². The highest BCUT2D eigenvalue weighted by atomic mass is 35.5. The first-order valence-electron chi connectivity index (χ1n) is 5.53. The van der Waals surface area contributed by atoms with Gasteiger partial charge in [0.05, 0.1) is 15.6 Å². The molecule has 21 heavy (non-hydrogen) atoms. The topological polar surface area (TPSA) is 102 Å². The fraction of sp³-hybridized carbons (Fsp3) is 0. The van der Waals surface area contributed by atoms with Gasteiger partial charge in [-0.3, -0.25) is 14.5 Å². The highest BCUT2D eigenvalue weighted by Gasteiger charge is 2.19. The van der Waals surface area contributed by atoms with E-state index in [0.29, 0.717) is 0 Å². The van der Waals surface area contributed by atoms with Gasteiger partial charge in [0.1, 0.15) is 4.90 Å². The summed E-state index contributed by atoms with van der Waals surface area (Å²) in [4.78, 5) is 14.7. The molecule has 2 aromatic rings. The summed E-state index contributed by atoms with van der Waals surface area (Å²) in [6, 6.07) is 5.36. The van der Waals surface area contributed by atoms with Crippen LogP contribution in [0.3, 0.4) is 0 Å². The summed E-state index contributed by atoms with van der Waals surface area (Å²) in [6.07, 6.45) is 2.49. The minimum absolute atomic E-state index is 0.00847. The van der Waals surface area contributed by atoms with E-state index >= 15 is 0 Å². The Bertz CT molecular complexity index is 809. The first kappa shape index (κ1) is 15.6. The molecular formula is C12H9Cl2N3O3S. The molecule has 110 valence electrons. The van der Waals surface area contributed by atoms with Crippen molar-refractivity contribution in [3.05, 3.63) is 52.3 Å². The Morgan fingerprint density at radius 2 is 1.90 bits per heavy atom. The molecule has 0 aliphatic carbocycles. The summed E-state index contributed by atoms with van der Waals surface area (Å²) in [5.74, 6) is -0.763. The molecule has 0 unspecified atom stereocenters. The third-order valence-corrected chi connectivity index (χ3v) is 4.69. The number of nitrogens with zero attached hydrogens (tertiary/aromatic N) is 1. The van der Waals surface area contributed by atoms with E-state index in [2.05, 4.69) is 9.71 Å². The molecule has 0 fully saturated rings. The number of anilines is 1. The molecule has 6 nitrogen and oxygen atoms in total. The highest BCUT2D eigenvalue weighted by molar-refractivity contribution is 7.92. The lowest BCUT2D eigenvalue weighted by Crippen LogP contribution is -2.16. The minimum atomic E-state index is -3.94. The second-order valence-electron chi connectivity index (χ2n) is 3.97. The maximum absolute atomic E-state index is 12.2. The summed E-state index contributed by atoms with van der Waals surface area (Å²) >= 11 is 11.6. The third kappa shape index (κ3) is 3.44. The van der Waals surface area contributed by atoms with Crippen LogP contribution in [0.1, 0.15) is 10.4 Å². The molecule has 0 spiro atoms. The van der Waals surface area contributed by atoms with Gasteiger partial charge in [-0.2, -0.15) is 0 Å². The maximum Gasteiger partial charge on any atom is 0.264 e. The zero-order valence-corrected chi connectivity index (χ0v) is 12.7. The molecule has 0 bridgehead atoms. The molecule has 9 heteroatoms. The number of hydrogen-bond donors (Lipinski definition) is 2. The number of pyridine rings is 1. The highest BCUT2D eigenvalue weighted by Crippen LogP contribution is 2.25. The Labute approximate surface area is 130 Å². The lowest BCUT2D eigenvalue weighted by Gasteiger charge is -2.10. The lowest BCUT2D eigenvalue weighted by molar-refractivity contribution is 0.100. The average molecular weight is 346 g/mol. The van der Waals surface area contributed by atoms with Gasteiger partial charge < -0.3 is 5.73 Å². The van der Waals surface area contributed by atoms with Crippen LogP contribution in [0.2, 0.25) is 10.0 Å². The summed E-state index contributed by atoms with van der Waals surface area (Å²) < 4.78 is 26.7. The molecule has 1 aromatic carbocycles. The summed E-state index contributed by atoms with van der Waals surface area (Å²) in [7, 11) is -3.94. The van der Waals surface area contributed by atoms with Crippen molar-refractivity contribution in [1.82, 2.24) is 4.98 Å². The molecule has 1 heterocycles. The van der Waals surface area contributed by atoms with E-state index in [-0.39, 0.29) is 26.2 Å². The van der Waals surface area contributed by atoms with Gasteiger partial charge in [-0.05, 0) is 24.3 Å². The number of aromatic nitrogens is 1. The van der Waals surface area contributed by atoms with Crippen molar-refractivity contribution >= 4 is 44.8 Å². The van der Waals surface area contributed by atoms with Crippen LogP contribution in [0, 0.1) is 0 Å². The van der Waals surface area contributed by atoms with Gasteiger partial charge in [-0.25, -0.2) is 8.42 Å². The number of primary amides is 1. The van der Waals surface area contributed by atoms with Gasteiger partial charge >= 0.3 is 0 Å². The molecule has 0 aliphatic rings. The predicted molar refractivity (Wildman–Crippen MR) is 80.0 cm³/mol. The Morgan fingerprint density at radius 1 is 1.19 bits per heavy atom. The van der Waals surface area contributed by atoms with E-state index in [4.69, 9.17) is 28.9 Å². The van der Waals surface area contributed by atoms with Gasteiger partial charge in [-0.15, -0.1) is 0 Å². The minimum Gasteiger partial charge on any atom is -0.366 e. The average Bonchev–Trinajstić information content (AvgIpc) is 2.40. The Kier molecular flexibility index (Phi) is 4.36. The van der Waals surface area contributed by atoms with Crippen LogP contribution < -0.4 is 10.5 Å². The van der Waals surface area contributed by atoms with Crippen LogP contribution >= 0.6 is 23.2 Å². The van der Waals surface area contributed by atoms with Crippen molar-refractivity contribution in [2.24, 2.45) is 5.73 Å². The molecule has 1 amide bonds. The number of carbonyl (C=O) groups is 1. The quantitative estimate of drug-likeness (QED) is 0.887. The second kappa shape index (κ2) is 5.88. The number of halogens is 2. The standard InChI is InChI=1S/C12H9Cl2N3O3S/c13-9-2-1-7(5-8(9)12(15)18)17-21(19,20)11-6-16-4-3-10(11)14/h1-6,17H,(H2,15,18). The number of carbonyl (C=O) groups excluding carboxylic acids is 1. The van der Waals surface area contributed by atoms with Gasteiger partial charge in [0, 0.05) is 18.1 Å². The van der Waals surface area contributed by atoms with Crippen molar-refractivity contribution in [1.29, 1.82) is 0 Å². The van der Waals surface area contributed by atoms with Crippen LogP contribution in [0.15, 0.2) is 41.6 Å². The molecule has 0 saturated heterocycles. The van der Waals surface area contributed by atoms with Crippen molar-refractivity contribution < 1.29 is 13.2 Å². The van der Waals surface area contributed by atoms with Crippen molar-refractivity contribution in [2.75, 3.05) is 4.72 Å².